The van der Waals surface area contributed by atoms with E-state index >= 15 is 0 Å². The van der Waals surface area contributed by atoms with Gasteiger partial charge in [0.05, 0.1) is 12.3 Å². The molecular formula is C11H16BrNO. The molecule has 0 aliphatic heterocycles. The lowest BCUT2D eigenvalue weighted by Gasteiger charge is -2.05. The maximum absolute atomic E-state index is 5.51. The molecule has 1 aromatic rings. The summed E-state index contributed by atoms with van der Waals surface area (Å²) >= 11 is 3.40. The molecule has 2 nitrogen and oxygen atoms in total. The molecule has 1 heterocycles. The summed E-state index contributed by atoms with van der Waals surface area (Å²) in [6.45, 7) is 4.91. The highest BCUT2D eigenvalue weighted by molar-refractivity contribution is 9.10. The van der Waals surface area contributed by atoms with Gasteiger partial charge in [-0.15, -0.1) is 0 Å². The van der Waals surface area contributed by atoms with Crippen molar-refractivity contribution in [2.45, 2.75) is 33.1 Å². The zero-order valence-corrected chi connectivity index (χ0v) is 10.3. The summed E-state index contributed by atoms with van der Waals surface area (Å²) in [6, 6.07) is 3.86. The van der Waals surface area contributed by atoms with Gasteiger partial charge in [-0.25, -0.2) is 4.98 Å². The van der Waals surface area contributed by atoms with Crippen LogP contribution in [0.1, 0.15) is 31.9 Å². The Bertz CT molecular complexity index is 289. The normalized spacial score (nSPS) is 10.2. The average molecular weight is 258 g/mol. The number of unbranched alkanes of at least 4 members (excludes halogenated alkanes) is 2. The fourth-order valence-corrected chi connectivity index (χ4v) is 1.35. The third-order valence-corrected chi connectivity index (χ3v) is 2.83. The van der Waals surface area contributed by atoms with Crippen LogP contribution in [0.25, 0.3) is 0 Å². The van der Waals surface area contributed by atoms with Gasteiger partial charge in [0.2, 0.25) is 5.88 Å². The SMILES string of the molecule is CCCCCOc1ccc(Br)c(C)n1. The first-order valence-electron chi connectivity index (χ1n) is 5.00. The Kier molecular flexibility index (Phi) is 4.94. The van der Waals surface area contributed by atoms with Gasteiger partial charge in [-0.1, -0.05) is 19.8 Å². The lowest BCUT2D eigenvalue weighted by atomic mass is 10.3. The molecule has 0 bridgehead atoms. The lowest BCUT2D eigenvalue weighted by molar-refractivity contribution is 0.294. The van der Waals surface area contributed by atoms with Crippen LogP contribution in [0.2, 0.25) is 0 Å². The second-order valence-corrected chi connectivity index (χ2v) is 4.13. The van der Waals surface area contributed by atoms with E-state index in [2.05, 4.69) is 27.8 Å². The van der Waals surface area contributed by atoms with Gasteiger partial charge >= 0.3 is 0 Å². The van der Waals surface area contributed by atoms with E-state index in [9.17, 15) is 0 Å². The average Bonchev–Trinajstić information content (AvgIpc) is 2.18. The molecule has 0 amide bonds. The molecule has 0 aliphatic carbocycles. The molecule has 0 aliphatic rings. The predicted octanol–water partition coefficient (Wildman–Crippen LogP) is 3.72. The Morgan fingerprint density at radius 3 is 2.79 bits per heavy atom. The van der Waals surface area contributed by atoms with Crippen molar-refractivity contribution in [2.24, 2.45) is 0 Å². The molecular weight excluding hydrogens is 242 g/mol. The highest BCUT2D eigenvalue weighted by Gasteiger charge is 1.99. The van der Waals surface area contributed by atoms with Crippen LogP contribution < -0.4 is 4.74 Å². The zero-order chi connectivity index (χ0) is 10.4. The Hall–Kier alpha value is -0.570. The molecule has 1 rings (SSSR count). The topological polar surface area (TPSA) is 22.1 Å². The molecule has 0 radical (unpaired) electrons. The largest absolute Gasteiger partial charge is 0.478 e. The summed E-state index contributed by atoms with van der Waals surface area (Å²) in [5.41, 5.74) is 0.970. The van der Waals surface area contributed by atoms with E-state index in [-0.39, 0.29) is 0 Å². The minimum absolute atomic E-state index is 0.724. The van der Waals surface area contributed by atoms with Crippen LogP contribution >= 0.6 is 15.9 Å². The van der Waals surface area contributed by atoms with Crippen molar-refractivity contribution in [3.8, 4) is 5.88 Å². The molecule has 0 unspecified atom stereocenters. The van der Waals surface area contributed by atoms with Crippen LogP contribution in [-0.2, 0) is 0 Å². The van der Waals surface area contributed by atoms with Crippen molar-refractivity contribution in [3.05, 3.63) is 22.3 Å². The Morgan fingerprint density at radius 2 is 2.14 bits per heavy atom. The number of aromatic nitrogens is 1. The van der Waals surface area contributed by atoms with E-state index in [1.165, 1.54) is 12.8 Å². The van der Waals surface area contributed by atoms with E-state index in [0.29, 0.717) is 0 Å². The maximum Gasteiger partial charge on any atom is 0.213 e. The second-order valence-electron chi connectivity index (χ2n) is 3.27. The Labute approximate surface area is 93.8 Å². The van der Waals surface area contributed by atoms with Gasteiger partial charge < -0.3 is 4.74 Å². The second kappa shape index (κ2) is 6.02. The molecule has 78 valence electrons. The number of ether oxygens (including phenoxy) is 1. The van der Waals surface area contributed by atoms with E-state index in [0.717, 1.165) is 29.1 Å². The molecule has 0 aromatic carbocycles. The number of hydrogen-bond donors (Lipinski definition) is 0. The predicted molar refractivity (Wildman–Crippen MR) is 61.7 cm³/mol. The monoisotopic (exact) mass is 257 g/mol. The van der Waals surface area contributed by atoms with Gasteiger partial charge in [0, 0.05) is 10.5 Å². The van der Waals surface area contributed by atoms with E-state index in [1.54, 1.807) is 0 Å². The van der Waals surface area contributed by atoms with Crippen molar-refractivity contribution in [1.29, 1.82) is 0 Å². The Balaban J connectivity index is 2.39. The molecule has 0 N–H and O–H groups in total. The molecule has 14 heavy (non-hydrogen) atoms. The van der Waals surface area contributed by atoms with Crippen LogP contribution in [0.15, 0.2) is 16.6 Å². The van der Waals surface area contributed by atoms with E-state index < -0.39 is 0 Å². The number of pyridine rings is 1. The van der Waals surface area contributed by atoms with E-state index in [1.807, 2.05) is 19.1 Å². The van der Waals surface area contributed by atoms with Gasteiger partial charge in [-0.2, -0.15) is 0 Å². The van der Waals surface area contributed by atoms with Crippen molar-refractivity contribution in [3.63, 3.8) is 0 Å². The van der Waals surface area contributed by atoms with Gasteiger partial charge in [-0.05, 0) is 35.3 Å². The number of halogens is 1. The molecule has 3 heteroatoms. The van der Waals surface area contributed by atoms with Crippen LogP contribution in [-0.4, -0.2) is 11.6 Å². The molecule has 0 fully saturated rings. The fourth-order valence-electron chi connectivity index (χ4n) is 1.13. The van der Waals surface area contributed by atoms with Crippen LogP contribution in [0, 0.1) is 6.92 Å². The summed E-state index contributed by atoms with van der Waals surface area (Å²) in [4.78, 5) is 4.30. The molecule has 0 atom stereocenters. The highest BCUT2D eigenvalue weighted by Crippen LogP contribution is 2.17. The summed E-state index contributed by atoms with van der Waals surface area (Å²) in [5.74, 6) is 0.724. The summed E-state index contributed by atoms with van der Waals surface area (Å²) in [5, 5.41) is 0. The van der Waals surface area contributed by atoms with Crippen molar-refractivity contribution >= 4 is 15.9 Å². The van der Waals surface area contributed by atoms with Gasteiger partial charge in [0.25, 0.3) is 0 Å². The number of nitrogens with zero attached hydrogens (tertiary/aromatic N) is 1. The first-order valence-corrected chi connectivity index (χ1v) is 5.79. The third kappa shape index (κ3) is 3.66. The van der Waals surface area contributed by atoms with Gasteiger partial charge in [-0.3, -0.25) is 0 Å². The van der Waals surface area contributed by atoms with E-state index in [4.69, 9.17) is 4.74 Å². The van der Waals surface area contributed by atoms with Crippen molar-refractivity contribution < 1.29 is 4.74 Å². The maximum atomic E-state index is 5.51. The van der Waals surface area contributed by atoms with Crippen molar-refractivity contribution in [1.82, 2.24) is 4.98 Å². The summed E-state index contributed by atoms with van der Waals surface area (Å²) < 4.78 is 6.54. The zero-order valence-electron chi connectivity index (χ0n) is 8.72. The van der Waals surface area contributed by atoms with Crippen LogP contribution in [0.3, 0.4) is 0 Å². The summed E-state index contributed by atoms with van der Waals surface area (Å²) in [7, 11) is 0. The first kappa shape index (κ1) is 11.5. The van der Waals surface area contributed by atoms with Gasteiger partial charge in [0.15, 0.2) is 0 Å². The van der Waals surface area contributed by atoms with Crippen LogP contribution in [0.4, 0.5) is 0 Å². The third-order valence-electron chi connectivity index (χ3n) is 1.99. The lowest BCUT2D eigenvalue weighted by Crippen LogP contribution is -1.99. The Morgan fingerprint density at radius 1 is 1.36 bits per heavy atom. The molecule has 1 aromatic heterocycles. The smallest absolute Gasteiger partial charge is 0.213 e. The number of hydrogen-bond acceptors (Lipinski definition) is 2. The minimum Gasteiger partial charge on any atom is -0.478 e. The molecule has 0 saturated carbocycles. The first-order chi connectivity index (χ1) is 6.74. The van der Waals surface area contributed by atoms with Crippen LogP contribution in [0.5, 0.6) is 5.88 Å². The highest BCUT2D eigenvalue weighted by atomic mass is 79.9. The number of aryl methyl sites for hydroxylation is 1. The number of rotatable bonds is 5. The standard InChI is InChI=1S/C11H16BrNO/c1-3-4-5-8-14-11-7-6-10(12)9(2)13-11/h6-7H,3-5,8H2,1-2H3. The summed E-state index contributed by atoms with van der Waals surface area (Å²) in [6.07, 6.45) is 3.54. The van der Waals surface area contributed by atoms with Crippen molar-refractivity contribution in [2.75, 3.05) is 6.61 Å². The quantitative estimate of drug-likeness (QED) is 0.751. The molecule has 0 saturated heterocycles. The van der Waals surface area contributed by atoms with Gasteiger partial charge in [0.1, 0.15) is 0 Å². The molecule has 0 spiro atoms. The minimum atomic E-state index is 0.724. The fraction of sp³-hybridized carbons (Fsp3) is 0.545.